The maximum atomic E-state index is 12.9. The number of hydrogen-bond donors (Lipinski definition) is 5. The van der Waals surface area contributed by atoms with Crippen LogP contribution in [0.2, 0.25) is 0 Å². The molecular formula is C9H15F2N6O4P. The smallest absolute Gasteiger partial charge is 0.350 e. The molecule has 0 amide bonds. The number of ether oxygens (including phenoxy) is 1. The summed E-state index contributed by atoms with van der Waals surface area (Å²) in [6.45, 7) is -0.379. The zero-order valence-corrected chi connectivity index (χ0v) is 12.0. The molecular weight excluding hydrogens is 325 g/mol. The van der Waals surface area contributed by atoms with Crippen molar-refractivity contribution in [1.82, 2.24) is 10.2 Å². The molecule has 2 aliphatic heterocycles. The molecule has 0 aromatic heterocycles. The van der Waals surface area contributed by atoms with E-state index in [2.05, 4.69) is 20.0 Å². The van der Waals surface area contributed by atoms with E-state index in [0.29, 0.717) is 0 Å². The Morgan fingerprint density at radius 1 is 1.59 bits per heavy atom. The van der Waals surface area contributed by atoms with Crippen LogP contribution in [0.25, 0.3) is 0 Å². The molecule has 0 spiro atoms. The molecule has 10 nitrogen and oxygen atoms in total. The van der Waals surface area contributed by atoms with Crippen LogP contribution >= 0.6 is 7.60 Å². The molecule has 13 heteroatoms. The van der Waals surface area contributed by atoms with Crippen molar-refractivity contribution in [3.05, 3.63) is 0 Å². The minimum Gasteiger partial charge on any atom is -0.370 e. The SMILES string of the molecule is N=C1N=C(N)NC2C1N=CN2CC(OCP(=O)(O)O)C(F)F. The van der Waals surface area contributed by atoms with E-state index in [1.165, 1.54) is 11.2 Å². The molecule has 0 aliphatic carbocycles. The van der Waals surface area contributed by atoms with Gasteiger partial charge in [-0.25, -0.2) is 8.78 Å². The maximum Gasteiger partial charge on any atom is 0.350 e. The first-order valence-corrected chi connectivity index (χ1v) is 7.89. The number of rotatable bonds is 6. The Bertz CT molecular complexity index is 552. The van der Waals surface area contributed by atoms with E-state index < -0.39 is 38.7 Å². The number of nitrogens with zero attached hydrogens (tertiary/aromatic N) is 3. The zero-order valence-electron chi connectivity index (χ0n) is 11.1. The van der Waals surface area contributed by atoms with Crippen molar-refractivity contribution in [3.8, 4) is 0 Å². The molecule has 0 aromatic rings. The summed E-state index contributed by atoms with van der Waals surface area (Å²) in [5.41, 5.74) is 5.48. The fraction of sp³-hybridized carbons (Fsp3) is 0.667. The maximum absolute atomic E-state index is 12.9. The standard InChI is InChI=1S/C9H15F2N6O4P/c10-6(11)4(21-3-22(18,19)20)1-17-2-14-5-7(12)15-9(13)16-8(5)17/h2,4-6,8H,1,3H2,(H2,18,19,20)(H4,12,13,15,16). The van der Waals surface area contributed by atoms with Crippen LogP contribution in [-0.4, -0.2) is 70.5 Å². The van der Waals surface area contributed by atoms with Crippen LogP contribution in [0.1, 0.15) is 0 Å². The highest BCUT2D eigenvalue weighted by Crippen LogP contribution is 2.35. The predicted molar refractivity (Wildman–Crippen MR) is 73.0 cm³/mol. The van der Waals surface area contributed by atoms with Gasteiger partial charge in [-0.2, -0.15) is 4.99 Å². The zero-order chi connectivity index (χ0) is 16.5. The average molecular weight is 340 g/mol. The Balaban J connectivity index is 2.02. The number of fused-ring (bicyclic) bond motifs is 1. The van der Waals surface area contributed by atoms with E-state index in [9.17, 15) is 13.3 Å². The molecule has 124 valence electrons. The summed E-state index contributed by atoms with van der Waals surface area (Å²) in [5, 5.41) is 10.3. The highest BCUT2D eigenvalue weighted by Gasteiger charge is 2.39. The minimum absolute atomic E-state index is 0.0357. The molecule has 0 saturated heterocycles. The van der Waals surface area contributed by atoms with Crippen LogP contribution in [-0.2, 0) is 9.30 Å². The van der Waals surface area contributed by atoms with Gasteiger partial charge in [0.25, 0.3) is 6.43 Å². The molecule has 0 saturated carbocycles. The largest absolute Gasteiger partial charge is 0.370 e. The summed E-state index contributed by atoms with van der Waals surface area (Å²) in [7, 11) is -4.55. The number of amidine groups is 1. The second-order valence-electron chi connectivity index (χ2n) is 4.71. The van der Waals surface area contributed by atoms with E-state index >= 15 is 0 Å². The first kappa shape index (κ1) is 16.7. The summed E-state index contributed by atoms with van der Waals surface area (Å²) < 4.78 is 41.2. The molecule has 6 N–H and O–H groups in total. The van der Waals surface area contributed by atoms with Gasteiger partial charge in [0.1, 0.15) is 24.7 Å². The fourth-order valence-electron chi connectivity index (χ4n) is 2.02. The number of halogens is 2. The molecule has 0 bridgehead atoms. The summed E-state index contributed by atoms with van der Waals surface area (Å²) in [6.07, 6.45) is -5.19. The van der Waals surface area contributed by atoms with Crippen LogP contribution in [0.4, 0.5) is 8.78 Å². The summed E-state index contributed by atoms with van der Waals surface area (Å²) in [4.78, 5) is 26.4. The van der Waals surface area contributed by atoms with Crippen LogP contribution in [0.5, 0.6) is 0 Å². The van der Waals surface area contributed by atoms with Crippen LogP contribution in [0.15, 0.2) is 9.98 Å². The Labute approximate surface area is 123 Å². The first-order chi connectivity index (χ1) is 10.2. The number of hydrogen-bond acceptors (Lipinski definition) is 7. The molecule has 2 aliphatic rings. The van der Waals surface area contributed by atoms with Crippen molar-refractivity contribution in [3.63, 3.8) is 0 Å². The summed E-state index contributed by atoms with van der Waals surface area (Å²) in [5.74, 6) is -0.142. The molecule has 0 fully saturated rings. The Kier molecular flexibility index (Phi) is 4.75. The van der Waals surface area contributed by atoms with Crippen molar-refractivity contribution in [2.75, 3.05) is 12.9 Å². The quantitative estimate of drug-likeness (QED) is 0.376. The highest BCUT2D eigenvalue weighted by molar-refractivity contribution is 7.51. The molecule has 3 unspecified atom stereocenters. The Morgan fingerprint density at radius 3 is 2.86 bits per heavy atom. The van der Waals surface area contributed by atoms with Crippen LogP contribution < -0.4 is 11.1 Å². The number of alkyl halides is 2. The number of nitrogens with one attached hydrogen (secondary N) is 2. The van der Waals surface area contributed by atoms with Gasteiger partial charge in [0.2, 0.25) is 0 Å². The van der Waals surface area contributed by atoms with Gasteiger partial charge in [-0.1, -0.05) is 0 Å². The summed E-state index contributed by atoms with van der Waals surface area (Å²) >= 11 is 0. The Hall–Kier alpha value is -1.62. The van der Waals surface area contributed by atoms with Gasteiger partial charge in [-0.3, -0.25) is 15.0 Å². The molecule has 22 heavy (non-hydrogen) atoms. The van der Waals surface area contributed by atoms with Crippen molar-refractivity contribution >= 4 is 25.7 Å². The van der Waals surface area contributed by atoms with Gasteiger partial charge in [0.05, 0.1) is 12.9 Å². The lowest BCUT2D eigenvalue weighted by molar-refractivity contribution is -0.0538. The normalized spacial score (nSPS) is 26.0. The van der Waals surface area contributed by atoms with E-state index in [4.69, 9.17) is 20.9 Å². The molecule has 2 rings (SSSR count). The topological polar surface area (TPSA) is 157 Å². The predicted octanol–water partition coefficient (Wildman–Crippen LogP) is -1.29. The van der Waals surface area contributed by atoms with Gasteiger partial charge >= 0.3 is 7.60 Å². The van der Waals surface area contributed by atoms with Gasteiger partial charge in [-0.05, 0) is 0 Å². The number of nitrogens with two attached hydrogens (primary N) is 1. The average Bonchev–Trinajstić information content (AvgIpc) is 2.76. The third kappa shape index (κ3) is 3.97. The van der Waals surface area contributed by atoms with Crippen LogP contribution in [0, 0.1) is 5.41 Å². The van der Waals surface area contributed by atoms with Crippen molar-refractivity contribution < 1.29 is 27.9 Å². The first-order valence-electron chi connectivity index (χ1n) is 6.10. The van der Waals surface area contributed by atoms with Gasteiger partial charge in [0, 0.05) is 0 Å². The summed E-state index contributed by atoms with van der Waals surface area (Å²) in [6, 6.07) is -0.688. The monoisotopic (exact) mass is 340 g/mol. The van der Waals surface area contributed by atoms with E-state index in [1.807, 2.05) is 0 Å². The van der Waals surface area contributed by atoms with Gasteiger partial charge in [0.15, 0.2) is 11.8 Å². The van der Waals surface area contributed by atoms with Crippen molar-refractivity contribution in [2.24, 2.45) is 15.7 Å². The molecule has 3 atom stereocenters. The van der Waals surface area contributed by atoms with Crippen molar-refractivity contribution in [1.29, 1.82) is 5.41 Å². The van der Waals surface area contributed by atoms with Gasteiger partial charge in [-0.15, -0.1) is 0 Å². The van der Waals surface area contributed by atoms with Gasteiger partial charge < -0.3 is 30.5 Å². The second-order valence-corrected chi connectivity index (χ2v) is 6.30. The lowest BCUT2D eigenvalue weighted by Crippen LogP contribution is -2.59. The van der Waals surface area contributed by atoms with Crippen LogP contribution in [0.3, 0.4) is 0 Å². The molecule has 0 aromatic carbocycles. The molecule has 2 heterocycles. The molecule has 0 radical (unpaired) electrons. The highest BCUT2D eigenvalue weighted by atomic mass is 31.2. The van der Waals surface area contributed by atoms with E-state index in [0.717, 1.165) is 0 Å². The lowest BCUT2D eigenvalue weighted by Gasteiger charge is -2.33. The van der Waals surface area contributed by atoms with E-state index in [-0.39, 0.29) is 18.3 Å². The number of guanidine groups is 1. The third-order valence-electron chi connectivity index (χ3n) is 2.98. The second kappa shape index (κ2) is 6.24. The van der Waals surface area contributed by atoms with Crippen molar-refractivity contribution in [2.45, 2.75) is 24.7 Å². The third-order valence-corrected chi connectivity index (χ3v) is 3.46. The minimum atomic E-state index is -4.55. The Morgan fingerprint density at radius 2 is 2.27 bits per heavy atom. The lowest BCUT2D eigenvalue weighted by atomic mass is 10.2. The number of aliphatic imine (C=N–C) groups is 2. The fourth-order valence-corrected chi connectivity index (χ4v) is 2.41. The van der Waals surface area contributed by atoms with E-state index in [1.54, 1.807) is 0 Å².